The van der Waals surface area contributed by atoms with Gasteiger partial charge in [0.25, 0.3) is 5.56 Å². The lowest BCUT2D eigenvalue weighted by atomic mass is 10.1. The Morgan fingerprint density at radius 3 is 3.27 bits per heavy atom. The van der Waals surface area contributed by atoms with Gasteiger partial charge in [-0.15, -0.1) is 0 Å². The van der Waals surface area contributed by atoms with Crippen LogP contribution in [-0.2, 0) is 0 Å². The van der Waals surface area contributed by atoms with Crippen molar-refractivity contribution in [2.75, 3.05) is 25.0 Å². The number of nitrogens with zero attached hydrogens (tertiary/aromatic N) is 1. The number of nitrogens with one attached hydrogen (secondary N) is 3. The zero-order valence-electron chi connectivity index (χ0n) is 8.22. The molecule has 1 unspecified atom stereocenters. The van der Waals surface area contributed by atoms with Gasteiger partial charge in [-0.3, -0.25) is 4.79 Å². The third kappa shape index (κ3) is 2.69. The molecule has 0 aliphatic carbocycles. The van der Waals surface area contributed by atoms with E-state index >= 15 is 0 Å². The third-order valence-corrected chi connectivity index (χ3v) is 3.52. The van der Waals surface area contributed by atoms with Crippen LogP contribution in [-0.4, -0.2) is 29.6 Å². The van der Waals surface area contributed by atoms with Crippen LogP contribution in [0.25, 0.3) is 0 Å². The van der Waals surface area contributed by atoms with Gasteiger partial charge < -0.3 is 15.6 Å². The maximum absolute atomic E-state index is 11.3. The molecular formula is C9H13IN4O. The molecule has 0 radical (unpaired) electrons. The molecule has 5 nitrogen and oxygen atoms in total. The first-order valence-electron chi connectivity index (χ1n) is 4.95. The first-order valence-corrected chi connectivity index (χ1v) is 6.03. The van der Waals surface area contributed by atoms with Crippen LogP contribution in [0.3, 0.4) is 0 Å². The van der Waals surface area contributed by atoms with E-state index in [9.17, 15) is 4.79 Å². The molecule has 0 aromatic carbocycles. The number of halogens is 1. The van der Waals surface area contributed by atoms with Crippen molar-refractivity contribution >= 4 is 28.4 Å². The van der Waals surface area contributed by atoms with E-state index in [1.165, 1.54) is 12.7 Å². The molecule has 0 spiro atoms. The molecular weight excluding hydrogens is 307 g/mol. The monoisotopic (exact) mass is 320 g/mol. The van der Waals surface area contributed by atoms with Crippen LogP contribution in [0.5, 0.6) is 0 Å². The highest BCUT2D eigenvalue weighted by atomic mass is 127. The van der Waals surface area contributed by atoms with Crippen LogP contribution < -0.4 is 16.2 Å². The lowest BCUT2D eigenvalue weighted by Crippen LogP contribution is -2.20. The number of H-pyrrole nitrogens is 1. The van der Waals surface area contributed by atoms with Crippen LogP contribution in [0, 0.1) is 9.49 Å². The Labute approximate surface area is 101 Å². The normalized spacial score (nSPS) is 20.5. The summed E-state index contributed by atoms with van der Waals surface area (Å²) in [7, 11) is 0. The van der Waals surface area contributed by atoms with Crippen molar-refractivity contribution in [1.29, 1.82) is 0 Å². The average Bonchev–Trinajstić information content (AvgIpc) is 2.73. The van der Waals surface area contributed by atoms with Crippen molar-refractivity contribution in [2.45, 2.75) is 6.42 Å². The minimum atomic E-state index is -0.0855. The molecule has 1 aromatic rings. The number of aromatic amines is 1. The topological polar surface area (TPSA) is 69.8 Å². The van der Waals surface area contributed by atoms with E-state index < -0.39 is 0 Å². The van der Waals surface area contributed by atoms with Gasteiger partial charge in [0.15, 0.2) is 0 Å². The number of anilines is 1. The van der Waals surface area contributed by atoms with E-state index in [-0.39, 0.29) is 5.56 Å². The predicted molar refractivity (Wildman–Crippen MR) is 67.0 cm³/mol. The molecule has 2 heterocycles. The van der Waals surface area contributed by atoms with Crippen molar-refractivity contribution < 1.29 is 0 Å². The second kappa shape index (κ2) is 4.93. The number of hydrogen-bond acceptors (Lipinski definition) is 4. The van der Waals surface area contributed by atoms with Gasteiger partial charge in [-0.05, 0) is 48.0 Å². The van der Waals surface area contributed by atoms with E-state index in [0.29, 0.717) is 15.3 Å². The largest absolute Gasteiger partial charge is 0.369 e. The second-order valence-corrected chi connectivity index (χ2v) is 4.71. The van der Waals surface area contributed by atoms with Gasteiger partial charge in [0.1, 0.15) is 9.39 Å². The first kappa shape index (κ1) is 10.9. The predicted octanol–water partition coefficient (Wildman–Crippen LogP) is 0.396. The summed E-state index contributed by atoms with van der Waals surface area (Å²) in [6.45, 7) is 3.01. The molecule has 0 bridgehead atoms. The Bertz CT molecular complexity index is 386. The molecule has 0 amide bonds. The minimum Gasteiger partial charge on any atom is -0.369 e. The highest BCUT2D eigenvalue weighted by molar-refractivity contribution is 14.1. The Morgan fingerprint density at radius 1 is 1.67 bits per heavy atom. The van der Waals surface area contributed by atoms with E-state index in [2.05, 4.69) is 20.6 Å². The van der Waals surface area contributed by atoms with Gasteiger partial charge in [0.05, 0.1) is 6.33 Å². The van der Waals surface area contributed by atoms with Crippen LogP contribution in [0.2, 0.25) is 0 Å². The highest BCUT2D eigenvalue weighted by Gasteiger charge is 2.14. The fourth-order valence-corrected chi connectivity index (χ4v) is 2.12. The summed E-state index contributed by atoms with van der Waals surface area (Å²) in [6, 6.07) is 0. The van der Waals surface area contributed by atoms with E-state index in [1.807, 2.05) is 22.6 Å². The molecule has 82 valence electrons. The van der Waals surface area contributed by atoms with Crippen LogP contribution in [0.15, 0.2) is 11.1 Å². The molecule has 1 aliphatic heterocycles. The van der Waals surface area contributed by atoms with Gasteiger partial charge in [0, 0.05) is 6.54 Å². The fourth-order valence-electron chi connectivity index (χ4n) is 1.64. The molecule has 1 saturated heterocycles. The van der Waals surface area contributed by atoms with Gasteiger partial charge >= 0.3 is 0 Å². The van der Waals surface area contributed by atoms with Crippen molar-refractivity contribution in [3.8, 4) is 0 Å². The zero-order chi connectivity index (χ0) is 10.7. The lowest BCUT2D eigenvalue weighted by Gasteiger charge is -2.10. The van der Waals surface area contributed by atoms with Gasteiger partial charge in [0.2, 0.25) is 0 Å². The molecule has 0 saturated carbocycles. The van der Waals surface area contributed by atoms with Gasteiger partial charge in [-0.2, -0.15) is 0 Å². The van der Waals surface area contributed by atoms with Gasteiger partial charge in [-0.25, -0.2) is 4.98 Å². The molecule has 15 heavy (non-hydrogen) atoms. The summed E-state index contributed by atoms with van der Waals surface area (Å²) in [4.78, 5) is 17.9. The number of rotatable bonds is 3. The number of aromatic nitrogens is 2. The second-order valence-electron chi connectivity index (χ2n) is 3.63. The summed E-state index contributed by atoms with van der Waals surface area (Å²) in [6.07, 6.45) is 2.62. The van der Waals surface area contributed by atoms with Crippen molar-refractivity contribution in [1.82, 2.24) is 15.3 Å². The van der Waals surface area contributed by atoms with E-state index in [4.69, 9.17) is 0 Å². The summed E-state index contributed by atoms with van der Waals surface area (Å²) in [5, 5.41) is 6.52. The summed E-state index contributed by atoms with van der Waals surface area (Å²) < 4.78 is 0.626. The maximum Gasteiger partial charge on any atom is 0.266 e. The zero-order valence-corrected chi connectivity index (χ0v) is 10.4. The Morgan fingerprint density at radius 2 is 2.53 bits per heavy atom. The fraction of sp³-hybridized carbons (Fsp3) is 0.556. The average molecular weight is 320 g/mol. The third-order valence-electron chi connectivity index (χ3n) is 2.52. The molecule has 3 N–H and O–H groups in total. The molecule has 6 heteroatoms. The van der Waals surface area contributed by atoms with E-state index in [0.717, 1.165) is 19.6 Å². The van der Waals surface area contributed by atoms with Crippen LogP contribution in [0.4, 0.5) is 5.82 Å². The van der Waals surface area contributed by atoms with Crippen LogP contribution in [0.1, 0.15) is 6.42 Å². The Hall–Kier alpha value is -0.630. The van der Waals surface area contributed by atoms with E-state index in [1.54, 1.807) is 0 Å². The molecule has 1 aliphatic rings. The van der Waals surface area contributed by atoms with Crippen molar-refractivity contribution in [3.63, 3.8) is 0 Å². The smallest absolute Gasteiger partial charge is 0.266 e. The standard InChI is InChI=1S/C9H13IN4O/c10-7-8(13-5-14-9(7)15)12-4-6-1-2-11-3-6/h5-6,11H,1-4H2,(H2,12,13,14,15). The molecule has 2 rings (SSSR count). The highest BCUT2D eigenvalue weighted by Crippen LogP contribution is 2.12. The van der Waals surface area contributed by atoms with Gasteiger partial charge in [-0.1, -0.05) is 0 Å². The van der Waals surface area contributed by atoms with Crippen LogP contribution >= 0.6 is 22.6 Å². The first-order chi connectivity index (χ1) is 7.27. The van der Waals surface area contributed by atoms with Crippen molar-refractivity contribution in [2.24, 2.45) is 5.92 Å². The maximum atomic E-state index is 11.3. The lowest BCUT2D eigenvalue weighted by molar-refractivity contribution is 0.614. The molecule has 1 aromatic heterocycles. The Balaban J connectivity index is 1.98. The summed E-state index contributed by atoms with van der Waals surface area (Å²) >= 11 is 2.01. The van der Waals surface area contributed by atoms with Crippen molar-refractivity contribution in [3.05, 3.63) is 20.3 Å². The quantitative estimate of drug-likeness (QED) is 0.705. The summed E-state index contributed by atoms with van der Waals surface area (Å²) in [5.74, 6) is 1.33. The SMILES string of the molecule is O=c1[nH]cnc(NCC2CCNC2)c1I. The summed E-state index contributed by atoms with van der Waals surface area (Å²) in [5.41, 5.74) is -0.0855. The molecule has 1 fully saturated rings. The molecule has 1 atom stereocenters. The Kier molecular flexibility index (Phi) is 3.57. The minimum absolute atomic E-state index is 0.0855. The number of hydrogen-bond donors (Lipinski definition) is 3.